The first-order valence-corrected chi connectivity index (χ1v) is 12.1. The second-order valence-corrected chi connectivity index (χ2v) is 10.2. The van der Waals surface area contributed by atoms with Crippen molar-refractivity contribution in [2.45, 2.75) is 69.5 Å². The smallest absolute Gasteiger partial charge is 0.416 e. The minimum Gasteiger partial charge on any atom is -0.487 e. The van der Waals surface area contributed by atoms with Crippen LogP contribution in [0.1, 0.15) is 85.5 Å². The number of ether oxygens (including phenoxy) is 1. The van der Waals surface area contributed by atoms with Crippen molar-refractivity contribution in [2.75, 3.05) is 0 Å². The Balaban J connectivity index is 1.74. The van der Waals surface area contributed by atoms with E-state index in [-0.39, 0.29) is 17.0 Å². The number of hydrogen-bond acceptors (Lipinski definition) is 2. The van der Waals surface area contributed by atoms with Gasteiger partial charge in [0.15, 0.2) is 6.17 Å². The van der Waals surface area contributed by atoms with E-state index in [2.05, 4.69) is 0 Å². The van der Waals surface area contributed by atoms with E-state index < -0.39 is 35.4 Å². The lowest BCUT2D eigenvalue weighted by molar-refractivity contribution is -0.137. The fraction of sp³-hybridized carbons (Fsp3) is 0.379. The highest BCUT2D eigenvalue weighted by Crippen LogP contribution is 2.54. The molecule has 0 aromatic heterocycles. The van der Waals surface area contributed by atoms with Crippen LogP contribution in [0, 0.1) is 5.82 Å². The van der Waals surface area contributed by atoms with Gasteiger partial charge in [-0.3, -0.25) is 0 Å². The van der Waals surface area contributed by atoms with E-state index in [0.29, 0.717) is 34.4 Å². The van der Waals surface area contributed by atoms with Gasteiger partial charge in [0.2, 0.25) is 0 Å². The second kappa shape index (κ2) is 8.87. The largest absolute Gasteiger partial charge is 0.487 e. The van der Waals surface area contributed by atoms with Crippen molar-refractivity contribution < 1.29 is 31.8 Å². The molecule has 3 aromatic carbocycles. The van der Waals surface area contributed by atoms with Gasteiger partial charge in [-0.1, -0.05) is 38.1 Å². The fourth-order valence-electron chi connectivity index (χ4n) is 5.42. The van der Waals surface area contributed by atoms with Crippen LogP contribution in [0.2, 0.25) is 0 Å². The number of fused-ring (bicyclic) bond motifs is 1. The lowest BCUT2D eigenvalue weighted by atomic mass is 9.71. The van der Waals surface area contributed by atoms with Crippen molar-refractivity contribution in [1.82, 2.24) is 0 Å². The number of aliphatic hydroxyl groups is 1. The van der Waals surface area contributed by atoms with Gasteiger partial charge in [-0.15, -0.1) is 0 Å². The van der Waals surface area contributed by atoms with Crippen LogP contribution in [0.5, 0.6) is 5.75 Å². The van der Waals surface area contributed by atoms with E-state index in [1.807, 2.05) is 13.8 Å². The van der Waals surface area contributed by atoms with Crippen LogP contribution in [-0.2, 0) is 6.18 Å². The van der Waals surface area contributed by atoms with Gasteiger partial charge in [-0.2, -0.15) is 13.2 Å². The van der Waals surface area contributed by atoms with E-state index >= 15 is 4.39 Å². The monoisotopic (exact) mass is 502 g/mol. The second-order valence-electron chi connectivity index (χ2n) is 10.2. The molecule has 1 spiro atoms. The minimum atomic E-state index is -4.53. The molecule has 2 nitrogen and oxygen atoms in total. The van der Waals surface area contributed by atoms with Gasteiger partial charge in [-0.05, 0) is 77.8 Å². The maximum Gasteiger partial charge on any atom is 0.416 e. The highest BCUT2D eigenvalue weighted by molar-refractivity contribution is 5.78. The third-order valence-electron chi connectivity index (χ3n) is 7.43. The molecule has 2 aliphatic rings. The van der Waals surface area contributed by atoms with Crippen LogP contribution in [0.15, 0.2) is 54.6 Å². The van der Waals surface area contributed by atoms with Crippen molar-refractivity contribution >= 4 is 0 Å². The lowest BCUT2D eigenvalue weighted by Gasteiger charge is -2.47. The highest BCUT2D eigenvalue weighted by Gasteiger charge is 2.47. The number of hydrogen-bond donors (Lipinski definition) is 1. The SMILES string of the molecule is CC(C)c1cc2c(c(-c3ccc(F)cc3)c1[C@@H](F)c1ccc(C(F)(F)F)cc1)[C@@H](O)CC1(CCC1)O2. The summed E-state index contributed by atoms with van der Waals surface area (Å²) in [6, 6.07) is 11.4. The molecule has 190 valence electrons. The summed E-state index contributed by atoms with van der Waals surface area (Å²) in [4.78, 5) is 0. The Hall–Kier alpha value is -2.93. The zero-order chi connectivity index (χ0) is 25.8. The average molecular weight is 503 g/mol. The van der Waals surface area contributed by atoms with Crippen LogP contribution in [-0.4, -0.2) is 10.7 Å². The van der Waals surface area contributed by atoms with Gasteiger partial charge in [0.1, 0.15) is 17.2 Å². The van der Waals surface area contributed by atoms with Crippen LogP contribution in [0.4, 0.5) is 22.0 Å². The van der Waals surface area contributed by atoms with Crippen molar-refractivity contribution in [3.05, 3.63) is 88.2 Å². The van der Waals surface area contributed by atoms with E-state index in [4.69, 9.17) is 4.74 Å². The van der Waals surface area contributed by atoms with E-state index in [1.54, 1.807) is 6.07 Å². The molecule has 0 saturated heterocycles. The Morgan fingerprint density at radius 3 is 2.17 bits per heavy atom. The molecule has 0 bridgehead atoms. The molecule has 0 radical (unpaired) electrons. The molecule has 2 atom stereocenters. The third kappa shape index (κ3) is 4.27. The van der Waals surface area contributed by atoms with E-state index in [0.717, 1.165) is 43.5 Å². The highest BCUT2D eigenvalue weighted by atomic mass is 19.4. The summed E-state index contributed by atoms with van der Waals surface area (Å²) in [7, 11) is 0. The normalized spacial score (nSPS) is 19.5. The van der Waals surface area contributed by atoms with Crippen molar-refractivity contribution in [2.24, 2.45) is 0 Å². The molecule has 36 heavy (non-hydrogen) atoms. The Morgan fingerprint density at radius 2 is 1.64 bits per heavy atom. The minimum absolute atomic E-state index is 0.0647. The molecule has 1 aliphatic heterocycles. The molecule has 1 heterocycles. The fourth-order valence-corrected chi connectivity index (χ4v) is 5.42. The van der Waals surface area contributed by atoms with E-state index in [9.17, 15) is 22.7 Å². The predicted molar refractivity (Wildman–Crippen MR) is 127 cm³/mol. The van der Waals surface area contributed by atoms with Crippen molar-refractivity contribution in [1.29, 1.82) is 0 Å². The van der Waals surface area contributed by atoms with Gasteiger partial charge >= 0.3 is 6.18 Å². The van der Waals surface area contributed by atoms with Gasteiger partial charge in [-0.25, -0.2) is 8.78 Å². The number of halogens is 5. The Kier molecular flexibility index (Phi) is 6.10. The summed E-state index contributed by atoms with van der Waals surface area (Å²) in [6.07, 6.45) is -4.21. The lowest BCUT2D eigenvalue weighted by Crippen LogP contribution is -2.47. The van der Waals surface area contributed by atoms with Gasteiger partial charge in [0, 0.05) is 17.5 Å². The number of aliphatic hydroxyl groups excluding tert-OH is 1. The summed E-state index contributed by atoms with van der Waals surface area (Å²) < 4.78 is 75.9. The summed E-state index contributed by atoms with van der Waals surface area (Å²) in [5, 5.41) is 11.3. The summed E-state index contributed by atoms with van der Waals surface area (Å²) in [5.74, 6) is -0.129. The summed E-state index contributed by atoms with van der Waals surface area (Å²) in [6.45, 7) is 3.80. The zero-order valence-corrected chi connectivity index (χ0v) is 20.0. The van der Waals surface area contributed by atoms with Gasteiger partial charge in [0.25, 0.3) is 0 Å². The Morgan fingerprint density at radius 1 is 1.00 bits per heavy atom. The standard InChI is InChI=1S/C29H27F5O2/c1-16(2)21-14-23-26(22(35)15-28(36-23)12-3-13-28)24(17-6-10-20(30)11-7-17)25(21)27(31)18-4-8-19(9-5-18)29(32,33)34/h4-11,14,16,22,27,35H,3,12-13,15H2,1-2H3/t22-,27-/m0/s1. The molecule has 5 rings (SSSR count). The van der Waals surface area contributed by atoms with Crippen LogP contribution in [0.25, 0.3) is 11.1 Å². The Bertz CT molecular complexity index is 1260. The van der Waals surface area contributed by atoms with Crippen LogP contribution in [0.3, 0.4) is 0 Å². The molecular formula is C29H27F5O2. The van der Waals surface area contributed by atoms with Crippen LogP contribution < -0.4 is 4.74 Å². The summed E-state index contributed by atoms with van der Waals surface area (Å²) in [5.41, 5.74) is 0.998. The molecule has 7 heteroatoms. The van der Waals surface area contributed by atoms with Crippen molar-refractivity contribution in [3.63, 3.8) is 0 Å². The predicted octanol–water partition coefficient (Wildman–Crippen LogP) is 8.43. The maximum atomic E-state index is 16.4. The molecule has 3 aromatic rings. The number of rotatable bonds is 4. The number of alkyl halides is 4. The maximum absolute atomic E-state index is 16.4. The Labute approximate surface area is 206 Å². The molecule has 1 saturated carbocycles. The molecular weight excluding hydrogens is 475 g/mol. The number of benzene rings is 3. The molecule has 1 fully saturated rings. The van der Waals surface area contributed by atoms with Gasteiger partial charge in [0.05, 0.1) is 11.7 Å². The third-order valence-corrected chi connectivity index (χ3v) is 7.43. The van der Waals surface area contributed by atoms with Crippen molar-refractivity contribution in [3.8, 4) is 16.9 Å². The topological polar surface area (TPSA) is 29.5 Å². The first-order valence-electron chi connectivity index (χ1n) is 12.1. The molecule has 1 N–H and O–H groups in total. The molecule has 0 amide bonds. The molecule has 1 aliphatic carbocycles. The average Bonchev–Trinajstić information content (AvgIpc) is 2.81. The van der Waals surface area contributed by atoms with Gasteiger partial charge < -0.3 is 9.84 Å². The summed E-state index contributed by atoms with van der Waals surface area (Å²) >= 11 is 0. The zero-order valence-electron chi connectivity index (χ0n) is 20.0. The first kappa shape index (κ1) is 24.8. The quantitative estimate of drug-likeness (QED) is 0.363. The first-order chi connectivity index (χ1) is 17.0. The molecule has 0 unspecified atom stereocenters. The van der Waals surface area contributed by atoms with Crippen LogP contribution >= 0.6 is 0 Å². The van der Waals surface area contributed by atoms with E-state index in [1.165, 1.54) is 24.3 Å².